The van der Waals surface area contributed by atoms with Gasteiger partial charge in [0.05, 0.1) is 0 Å². The molecule has 0 rings (SSSR count). The Morgan fingerprint density at radius 3 is 1.00 bits per heavy atom. The van der Waals surface area contributed by atoms with E-state index in [2.05, 4.69) is 0 Å². The molecule has 0 heterocycles. The molecule has 0 N–H and O–H groups in total. The number of rotatable bonds is 0. The van der Waals surface area contributed by atoms with Crippen LogP contribution in [0.25, 0.3) is 0 Å². The van der Waals surface area contributed by atoms with E-state index in [4.69, 9.17) is 11.6 Å². The molecular formula is Na2O4PbSi. The standard InChI is InChI=1S/2Na.O2Si.2O.Pb/c;;1-3-2;;;/q2*+1;;;-2;. The molecule has 8 heteroatoms. The van der Waals surface area contributed by atoms with Crippen molar-refractivity contribution in [2.75, 3.05) is 0 Å². The van der Waals surface area contributed by atoms with Crippen LogP contribution in [0.4, 0.5) is 0 Å². The molecule has 0 atom stereocenters. The molecule has 0 unspecified atom stereocenters. The Labute approximate surface area is 109 Å². The molecule has 8 heavy (non-hydrogen) atoms. The Balaban J connectivity index is -0.00000000567. The van der Waals surface area contributed by atoms with Crippen molar-refractivity contribution < 1.29 is 76.2 Å². The summed E-state index contributed by atoms with van der Waals surface area (Å²) in [4.78, 5) is 0. The third-order valence-corrected chi connectivity index (χ3v) is 0. The van der Waals surface area contributed by atoms with E-state index in [1.165, 1.54) is 0 Å². The van der Waals surface area contributed by atoms with E-state index in [1.807, 2.05) is 0 Å². The second-order valence-electron chi connectivity index (χ2n) is 0.0833. The molecule has 0 aliphatic rings. The first kappa shape index (κ1) is 31.3. The first-order chi connectivity index (χ1) is 2.41. The normalized spacial score (nSPS) is 1.50. The van der Waals surface area contributed by atoms with E-state index in [-0.39, 0.29) is 90.4 Å². The molecule has 0 bridgehead atoms. The van der Waals surface area contributed by atoms with Crippen LogP contribution in [0.15, 0.2) is 0 Å². The quantitative estimate of drug-likeness (QED) is 0.409. The van der Waals surface area contributed by atoms with Gasteiger partial charge in [-0.3, -0.25) is 8.92 Å². The van der Waals surface area contributed by atoms with Gasteiger partial charge in [0.15, 0.2) is 0 Å². The molecule has 4 nitrogen and oxygen atoms in total. The van der Waals surface area contributed by atoms with Crippen LogP contribution in [0, 0.1) is 0 Å². The zero-order chi connectivity index (χ0) is 4.71. The maximum absolute atomic E-state index is 8.40. The zero-order valence-electron chi connectivity index (χ0n) is 4.63. The van der Waals surface area contributed by atoms with Crippen LogP contribution >= 0.6 is 0 Å². The van der Waals surface area contributed by atoms with Gasteiger partial charge in [0.1, 0.15) is 0 Å². The summed E-state index contributed by atoms with van der Waals surface area (Å²) < 4.78 is 25.2. The fourth-order valence-electron chi connectivity index (χ4n) is 0. The van der Waals surface area contributed by atoms with Gasteiger partial charge >= 0.3 is 96.9 Å². The van der Waals surface area contributed by atoms with Gasteiger partial charge in [0.2, 0.25) is 0 Å². The van der Waals surface area contributed by atoms with Gasteiger partial charge in [0.25, 0.3) is 0 Å². The third kappa shape index (κ3) is 76.5. The van der Waals surface area contributed by atoms with Crippen LogP contribution in [0.1, 0.15) is 0 Å². The van der Waals surface area contributed by atoms with Gasteiger partial charge in [-0.25, -0.2) is 0 Å². The second-order valence-corrected chi connectivity index (χ2v) is 0.250. The van der Waals surface area contributed by atoms with Crippen molar-refractivity contribution in [3.63, 3.8) is 0 Å². The van der Waals surface area contributed by atoms with Gasteiger partial charge in [-0.05, 0) is 0 Å². The average Bonchev–Trinajstić information content (AvgIpc) is 1.46. The van der Waals surface area contributed by atoms with Crippen LogP contribution in [0.2, 0.25) is 0 Å². The van der Waals surface area contributed by atoms with Crippen LogP contribution in [-0.4, -0.2) is 35.1 Å². The van der Waals surface area contributed by atoms with Crippen molar-refractivity contribution >= 4 is 35.1 Å². The van der Waals surface area contributed by atoms with E-state index in [1.54, 1.807) is 0 Å². The first-order valence-electron chi connectivity index (χ1n) is 0.612. The summed E-state index contributed by atoms with van der Waals surface area (Å²) in [5, 5.41) is 0. The third-order valence-electron chi connectivity index (χ3n) is 0. The van der Waals surface area contributed by atoms with Gasteiger partial charge in [-0.1, -0.05) is 0 Å². The molecule has 0 aromatic rings. The van der Waals surface area contributed by atoms with Gasteiger partial charge in [-0.2, -0.15) is 0 Å². The summed E-state index contributed by atoms with van der Waals surface area (Å²) in [6, 6.07) is 0. The molecule has 0 aromatic heterocycles. The van der Waals surface area contributed by atoms with Crippen LogP contribution in [0.5, 0.6) is 0 Å². The minimum absolute atomic E-state index is 0. The Hall–Kier alpha value is 2.50. The predicted molar refractivity (Wildman–Crippen MR) is 14.3 cm³/mol. The summed E-state index contributed by atoms with van der Waals surface area (Å²) in [6.45, 7) is 0. The summed E-state index contributed by atoms with van der Waals surface area (Å²) in [5.41, 5.74) is 0. The van der Waals surface area contributed by atoms with Gasteiger partial charge in [-0.15, -0.1) is 0 Å². The van der Waals surface area contributed by atoms with E-state index in [0.29, 0.717) is 0 Å². The van der Waals surface area contributed by atoms with Crippen LogP contribution in [-0.2, 0) is 17.1 Å². The van der Waals surface area contributed by atoms with Crippen molar-refractivity contribution in [3.8, 4) is 0 Å². The Morgan fingerprint density at radius 1 is 1.00 bits per heavy atom. The van der Waals surface area contributed by atoms with Crippen LogP contribution in [0.3, 0.4) is 0 Å². The summed E-state index contributed by atoms with van der Waals surface area (Å²) >= 11 is 0.0556. The monoisotopic (exact) mass is 346 g/mol. The fourth-order valence-corrected chi connectivity index (χ4v) is 0. The number of hydrogen-bond acceptors (Lipinski definition) is 3. The van der Waals surface area contributed by atoms with E-state index >= 15 is 0 Å². The molecule has 0 saturated carbocycles. The minimum atomic E-state index is -1.42. The molecule has 0 aromatic carbocycles. The van der Waals surface area contributed by atoms with Crippen molar-refractivity contribution in [2.45, 2.75) is 0 Å². The van der Waals surface area contributed by atoms with Gasteiger partial charge < -0.3 is 5.48 Å². The maximum atomic E-state index is 8.40. The molecular weight excluding hydrogens is 345 g/mol. The number of hydrogen-bond donors (Lipinski definition) is 0. The van der Waals surface area contributed by atoms with Crippen LogP contribution < -0.4 is 59.1 Å². The van der Waals surface area contributed by atoms with Crippen molar-refractivity contribution in [3.05, 3.63) is 0 Å². The molecule has 34 valence electrons. The Kier molecular flexibility index (Phi) is 219. The molecule has 0 aliphatic carbocycles. The predicted octanol–water partition coefficient (Wildman–Crippen LogP) is -7.23. The van der Waals surface area contributed by atoms with E-state index in [9.17, 15) is 0 Å². The van der Waals surface area contributed by atoms with Crippen molar-refractivity contribution in [1.82, 2.24) is 0 Å². The molecule has 0 saturated heterocycles. The topological polar surface area (TPSA) is 79.7 Å². The SMILES string of the molecule is O=[Si]=O.[Na+].[Na+].[O-2].[O]=[Pb]. The molecule has 0 aliphatic heterocycles. The van der Waals surface area contributed by atoms with Crippen molar-refractivity contribution in [1.29, 1.82) is 0 Å². The molecule has 0 fully saturated rings. The summed E-state index contributed by atoms with van der Waals surface area (Å²) in [5.74, 6) is 0. The van der Waals surface area contributed by atoms with Gasteiger partial charge in [0, 0.05) is 0 Å². The van der Waals surface area contributed by atoms with E-state index < -0.39 is 9.29 Å². The molecule has 0 spiro atoms. The fraction of sp³-hybridized carbons (Fsp3) is 0. The molecule has 2 radical (unpaired) electrons. The first-order valence-corrected chi connectivity index (χ1v) is 3.02. The zero-order valence-corrected chi connectivity index (χ0v) is 13.5. The average molecular weight is 345 g/mol. The Morgan fingerprint density at radius 2 is 1.00 bits per heavy atom. The summed E-state index contributed by atoms with van der Waals surface area (Å²) in [7, 11) is -1.42. The molecule has 0 amide bonds. The van der Waals surface area contributed by atoms with E-state index in [0.717, 1.165) is 0 Å². The Bertz CT molecular complexity index is 43.3. The summed E-state index contributed by atoms with van der Waals surface area (Å²) in [6.07, 6.45) is 0. The second kappa shape index (κ2) is 56.0. The van der Waals surface area contributed by atoms with Crippen molar-refractivity contribution in [2.24, 2.45) is 0 Å².